The van der Waals surface area contributed by atoms with Gasteiger partial charge in [0, 0.05) is 5.92 Å². The molecule has 0 aromatic heterocycles. The molecule has 4 aliphatic carbocycles. The maximum Gasteiger partial charge on any atom is 0.0848 e. The third-order valence-corrected chi connectivity index (χ3v) is 8.84. The summed E-state index contributed by atoms with van der Waals surface area (Å²) in [5.41, 5.74) is 6.93. The monoisotopic (exact) mass is 318 g/mol. The van der Waals surface area contributed by atoms with Gasteiger partial charge in [0.05, 0.1) is 12.1 Å². The highest BCUT2D eigenvalue weighted by molar-refractivity contribution is 5.25. The van der Waals surface area contributed by atoms with Gasteiger partial charge in [-0.3, -0.25) is 0 Å². The van der Waals surface area contributed by atoms with Gasteiger partial charge >= 0.3 is 0 Å². The molecular formula is C21H36NO+. The zero-order valence-corrected chi connectivity index (χ0v) is 15.4. The lowest BCUT2D eigenvalue weighted by Gasteiger charge is -2.58. The Bertz CT molecular complexity index is 512. The molecule has 2 nitrogen and oxygen atoms in total. The van der Waals surface area contributed by atoms with Crippen molar-refractivity contribution in [2.45, 2.75) is 84.3 Å². The number of quaternary nitrogens is 1. The van der Waals surface area contributed by atoms with Gasteiger partial charge in [-0.25, -0.2) is 0 Å². The van der Waals surface area contributed by atoms with E-state index in [4.69, 9.17) is 0 Å². The van der Waals surface area contributed by atoms with Gasteiger partial charge in [-0.2, -0.15) is 0 Å². The van der Waals surface area contributed by atoms with Crippen LogP contribution in [0.1, 0.15) is 72.1 Å². The van der Waals surface area contributed by atoms with Crippen molar-refractivity contribution < 1.29 is 10.8 Å². The van der Waals surface area contributed by atoms with E-state index in [-0.39, 0.29) is 6.10 Å². The molecule has 0 saturated heterocycles. The molecule has 0 heterocycles. The molecule has 0 unspecified atom stereocenters. The van der Waals surface area contributed by atoms with Gasteiger partial charge in [-0.1, -0.05) is 25.5 Å². The van der Waals surface area contributed by atoms with Crippen molar-refractivity contribution in [2.75, 3.05) is 0 Å². The van der Waals surface area contributed by atoms with Crippen molar-refractivity contribution in [1.29, 1.82) is 0 Å². The summed E-state index contributed by atoms with van der Waals surface area (Å²) in [7, 11) is 0. The van der Waals surface area contributed by atoms with E-state index in [9.17, 15) is 5.11 Å². The molecule has 0 aromatic carbocycles. The molecule has 4 N–H and O–H groups in total. The molecule has 3 fully saturated rings. The van der Waals surface area contributed by atoms with Crippen LogP contribution >= 0.6 is 0 Å². The first kappa shape index (κ1) is 16.1. The lowest BCUT2D eigenvalue weighted by atomic mass is 9.47. The SMILES string of the molecule is C[C@@H]([NH3+])[C@H]1CC[C@H]2[C@H]3CC=C4C[C@@H](O)CC[C@]4(C)[C@@H]3CC[C@]12C. The van der Waals surface area contributed by atoms with E-state index in [2.05, 4.69) is 32.6 Å². The van der Waals surface area contributed by atoms with Crippen molar-refractivity contribution in [3.8, 4) is 0 Å². The van der Waals surface area contributed by atoms with Crippen LogP contribution in [0.25, 0.3) is 0 Å². The fraction of sp³-hybridized carbons (Fsp3) is 0.905. The molecule has 130 valence electrons. The summed E-state index contributed by atoms with van der Waals surface area (Å²) in [6, 6.07) is 0.594. The van der Waals surface area contributed by atoms with Gasteiger partial charge in [0.25, 0.3) is 0 Å². The van der Waals surface area contributed by atoms with Gasteiger partial charge in [0.15, 0.2) is 0 Å². The number of allylic oxidation sites excluding steroid dienone is 1. The highest BCUT2D eigenvalue weighted by atomic mass is 16.3. The fourth-order valence-electron chi connectivity index (χ4n) is 7.62. The van der Waals surface area contributed by atoms with Crippen molar-refractivity contribution in [2.24, 2.45) is 34.5 Å². The summed E-state index contributed by atoms with van der Waals surface area (Å²) in [5, 5.41) is 10.1. The van der Waals surface area contributed by atoms with Crippen LogP contribution in [0.5, 0.6) is 0 Å². The van der Waals surface area contributed by atoms with Gasteiger partial charge in [0.1, 0.15) is 0 Å². The minimum absolute atomic E-state index is 0.0809. The molecule has 0 aliphatic heterocycles. The number of rotatable bonds is 1. The molecule has 0 aromatic rings. The second-order valence-electron chi connectivity index (χ2n) is 9.86. The van der Waals surface area contributed by atoms with E-state index in [0.717, 1.165) is 36.5 Å². The molecule has 4 aliphatic rings. The van der Waals surface area contributed by atoms with Gasteiger partial charge in [-0.05, 0) is 86.9 Å². The third-order valence-electron chi connectivity index (χ3n) is 8.84. The quantitative estimate of drug-likeness (QED) is 0.714. The predicted octanol–water partition coefficient (Wildman–Crippen LogP) is 3.56. The lowest BCUT2D eigenvalue weighted by Crippen LogP contribution is -2.65. The first-order chi connectivity index (χ1) is 10.9. The molecule has 3 saturated carbocycles. The molecule has 0 bridgehead atoms. The average molecular weight is 319 g/mol. The summed E-state index contributed by atoms with van der Waals surface area (Å²) in [6.45, 7) is 7.47. The topological polar surface area (TPSA) is 47.9 Å². The Morgan fingerprint density at radius 1 is 1.13 bits per heavy atom. The molecule has 0 spiro atoms. The lowest BCUT2D eigenvalue weighted by molar-refractivity contribution is -0.433. The number of aliphatic hydroxyl groups excluding tert-OH is 1. The van der Waals surface area contributed by atoms with Crippen LogP contribution in [0.2, 0.25) is 0 Å². The number of aliphatic hydroxyl groups is 1. The normalized spacial score (nSPS) is 53.8. The van der Waals surface area contributed by atoms with Gasteiger partial charge < -0.3 is 10.8 Å². The maximum atomic E-state index is 10.1. The minimum atomic E-state index is -0.0809. The first-order valence-corrected chi connectivity index (χ1v) is 10.1. The molecular weight excluding hydrogens is 282 g/mol. The highest BCUT2D eigenvalue weighted by Crippen LogP contribution is 2.66. The summed E-state index contributed by atoms with van der Waals surface area (Å²) >= 11 is 0. The van der Waals surface area contributed by atoms with Crippen LogP contribution in [0.3, 0.4) is 0 Å². The zero-order chi connectivity index (χ0) is 16.4. The number of hydrogen-bond acceptors (Lipinski definition) is 1. The fourth-order valence-corrected chi connectivity index (χ4v) is 7.62. The molecule has 8 atom stereocenters. The van der Waals surface area contributed by atoms with Crippen LogP contribution in [0.4, 0.5) is 0 Å². The molecule has 0 amide bonds. The average Bonchev–Trinajstić information content (AvgIpc) is 2.85. The first-order valence-electron chi connectivity index (χ1n) is 10.1. The van der Waals surface area contributed by atoms with E-state index < -0.39 is 0 Å². The Hall–Kier alpha value is -0.340. The second-order valence-corrected chi connectivity index (χ2v) is 9.86. The summed E-state index contributed by atoms with van der Waals surface area (Å²) in [4.78, 5) is 0. The number of fused-ring (bicyclic) bond motifs is 5. The predicted molar refractivity (Wildman–Crippen MR) is 93.5 cm³/mol. The summed E-state index contributed by atoms with van der Waals surface area (Å²) < 4.78 is 0. The van der Waals surface area contributed by atoms with Crippen molar-refractivity contribution >= 4 is 0 Å². The van der Waals surface area contributed by atoms with Crippen LogP contribution in [0.15, 0.2) is 11.6 Å². The summed E-state index contributed by atoms with van der Waals surface area (Å²) in [5.74, 6) is 3.50. The smallest absolute Gasteiger partial charge is 0.0848 e. The van der Waals surface area contributed by atoms with Gasteiger partial charge in [0.2, 0.25) is 0 Å². The largest absolute Gasteiger partial charge is 0.393 e. The Morgan fingerprint density at radius 2 is 1.91 bits per heavy atom. The van der Waals surface area contributed by atoms with E-state index in [1.165, 1.54) is 38.5 Å². The van der Waals surface area contributed by atoms with E-state index in [0.29, 0.717) is 16.9 Å². The third kappa shape index (κ3) is 2.20. The van der Waals surface area contributed by atoms with Crippen molar-refractivity contribution in [3.05, 3.63) is 11.6 Å². The molecule has 2 heteroatoms. The number of hydrogen-bond donors (Lipinski definition) is 2. The van der Waals surface area contributed by atoms with Crippen LogP contribution in [0, 0.1) is 34.5 Å². The Labute approximate surface area is 141 Å². The van der Waals surface area contributed by atoms with Crippen LogP contribution < -0.4 is 5.73 Å². The standard InChI is InChI=1S/C21H35NO/c1-13(22)17-6-7-18-16-5-4-14-12-15(23)8-10-20(14,2)19(16)9-11-21(17,18)3/h4,13,15-19,23H,5-12,22H2,1-3H3/p+1/t13-,15+,16-,17-,18+,19-,20+,21-/m1/s1. The molecule has 4 rings (SSSR count). The van der Waals surface area contributed by atoms with Crippen LogP contribution in [-0.2, 0) is 0 Å². The van der Waals surface area contributed by atoms with Crippen LogP contribution in [-0.4, -0.2) is 17.3 Å². The highest BCUT2D eigenvalue weighted by Gasteiger charge is 2.59. The Kier molecular flexibility index (Phi) is 3.74. The van der Waals surface area contributed by atoms with E-state index >= 15 is 0 Å². The molecule has 23 heavy (non-hydrogen) atoms. The minimum Gasteiger partial charge on any atom is -0.393 e. The zero-order valence-electron chi connectivity index (χ0n) is 15.4. The van der Waals surface area contributed by atoms with E-state index in [1.54, 1.807) is 5.57 Å². The maximum absolute atomic E-state index is 10.1. The molecule has 0 radical (unpaired) electrons. The van der Waals surface area contributed by atoms with Crippen molar-refractivity contribution in [1.82, 2.24) is 0 Å². The Balaban J connectivity index is 1.65. The van der Waals surface area contributed by atoms with Crippen molar-refractivity contribution in [3.63, 3.8) is 0 Å². The van der Waals surface area contributed by atoms with E-state index in [1.807, 2.05) is 0 Å². The Morgan fingerprint density at radius 3 is 2.65 bits per heavy atom. The van der Waals surface area contributed by atoms with Gasteiger partial charge in [-0.15, -0.1) is 0 Å². The second kappa shape index (κ2) is 5.33. The summed E-state index contributed by atoms with van der Waals surface area (Å²) in [6.07, 6.45) is 12.6.